The number of aryl methyl sites for hydroxylation is 2. The van der Waals surface area contributed by atoms with E-state index in [0.717, 1.165) is 41.6 Å². The largest absolute Gasteiger partial charge is 0.466 e. The van der Waals surface area contributed by atoms with E-state index >= 15 is 0 Å². The molecular weight excluding hydrogens is 214 g/mol. The van der Waals surface area contributed by atoms with Crippen LogP contribution in [0, 0.1) is 13.8 Å². The first kappa shape index (κ1) is 11.6. The quantitative estimate of drug-likeness (QED) is 0.878. The van der Waals surface area contributed by atoms with Crippen LogP contribution < -0.4 is 5.32 Å². The average molecular weight is 231 g/mol. The summed E-state index contributed by atoms with van der Waals surface area (Å²) in [5.41, 5.74) is 1.86. The van der Waals surface area contributed by atoms with Crippen LogP contribution in [-0.2, 0) is 0 Å². The molecule has 17 heavy (non-hydrogen) atoms. The molecule has 0 bridgehead atoms. The summed E-state index contributed by atoms with van der Waals surface area (Å²) >= 11 is 0. The molecule has 4 heteroatoms. The van der Waals surface area contributed by atoms with E-state index in [1.807, 2.05) is 32.0 Å². The Morgan fingerprint density at radius 3 is 2.59 bits per heavy atom. The molecule has 0 aromatic carbocycles. The Morgan fingerprint density at radius 1 is 1.24 bits per heavy atom. The van der Waals surface area contributed by atoms with E-state index in [1.165, 1.54) is 0 Å². The first-order chi connectivity index (χ1) is 8.20. The van der Waals surface area contributed by atoms with Gasteiger partial charge in [-0.05, 0) is 38.5 Å². The maximum atomic E-state index is 5.48. The van der Waals surface area contributed by atoms with E-state index in [-0.39, 0.29) is 0 Å². The van der Waals surface area contributed by atoms with Crippen molar-refractivity contribution in [1.29, 1.82) is 0 Å². The van der Waals surface area contributed by atoms with Gasteiger partial charge in [0.1, 0.15) is 17.3 Å². The number of nitrogens with one attached hydrogen (secondary N) is 1. The van der Waals surface area contributed by atoms with Crippen molar-refractivity contribution in [2.75, 3.05) is 11.9 Å². The predicted molar refractivity (Wildman–Crippen MR) is 68.0 cm³/mol. The molecule has 0 saturated carbocycles. The highest BCUT2D eigenvalue weighted by molar-refractivity contribution is 5.62. The molecule has 2 aromatic heterocycles. The van der Waals surface area contributed by atoms with E-state index in [9.17, 15) is 0 Å². The van der Waals surface area contributed by atoms with Gasteiger partial charge in [-0.2, -0.15) is 0 Å². The number of rotatable bonds is 4. The molecule has 2 aromatic rings. The summed E-state index contributed by atoms with van der Waals surface area (Å²) in [6.07, 6.45) is 1.07. The summed E-state index contributed by atoms with van der Waals surface area (Å²) in [6, 6.07) is 5.89. The minimum Gasteiger partial charge on any atom is -0.466 e. The Bertz CT molecular complexity index is 488. The molecule has 4 nitrogen and oxygen atoms in total. The predicted octanol–water partition coefficient (Wildman–Crippen LogP) is 3.18. The van der Waals surface area contributed by atoms with Crippen LogP contribution >= 0.6 is 0 Å². The highest BCUT2D eigenvalue weighted by atomic mass is 16.3. The SMILES string of the molecule is CCCNc1ccc(-c2cc(C)oc2C)nn1. The fourth-order valence-electron chi connectivity index (χ4n) is 1.71. The van der Waals surface area contributed by atoms with E-state index in [1.54, 1.807) is 0 Å². The molecular formula is C13H17N3O. The van der Waals surface area contributed by atoms with Crippen LogP contribution in [0.25, 0.3) is 11.3 Å². The van der Waals surface area contributed by atoms with Gasteiger partial charge in [0, 0.05) is 12.1 Å². The van der Waals surface area contributed by atoms with Crippen molar-refractivity contribution in [3.8, 4) is 11.3 Å². The van der Waals surface area contributed by atoms with Gasteiger partial charge >= 0.3 is 0 Å². The average Bonchev–Trinajstić information content (AvgIpc) is 2.66. The molecule has 0 aliphatic heterocycles. The van der Waals surface area contributed by atoms with Crippen LogP contribution in [-0.4, -0.2) is 16.7 Å². The molecule has 0 fully saturated rings. The fraction of sp³-hybridized carbons (Fsp3) is 0.385. The number of nitrogens with zero attached hydrogens (tertiary/aromatic N) is 2. The van der Waals surface area contributed by atoms with E-state index in [0.29, 0.717) is 0 Å². The van der Waals surface area contributed by atoms with Crippen LogP contribution in [0.5, 0.6) is 0 Å². The smallest absolute Gasteiger partial charge is 0.148 e. The second kappa shape index (κ2) is 4.99. The Hall–Kier alpha value is -1.84. The van der Waals surface area contributed by atoms with Crippen molar-refractivity contribution in [3.05, 3.63) is 29.7 Å². The Labute approximate surface area is 101 Å². The monoisotopic (exact) mass is 231 g/mol. The van der Waals surface area contributed by atoms with Gasteiger partial charge in [-0.1, -0.05) is 6.92 Å². The summed E-state index contributed by atoms with van der Waals surface area (Å²) in [4.78, 5) is 0. The third-order valence-electron chi connectivity index (χ3n) is 2.54. The van der Waals surface area contributed by atoms with Gasteiger partial charge in [0.15, 0.2) is 0 Å². The summed E-state index contributed by atoms with van der Waals surface area (Å²) in [5, 5.41) is 11.5. The highest BCUT2D eigenvalue weighted by Crippen LogP contribution is 2.24. The van der Waals surface area contributed by atoms with Crippen molar-refractivity contribution in [2.45, 2.75) is 27.2 Å². The lowest BCUT2D eigenvalue weighted by molar-refractivity contribution is 0.505. The van der Waals surface area contributed by atoms with Crippen LogP contribution in [0.3, 0.4) is 0 Å². The molecule has 1 N–H and O–H groups in total. The summed E-state index contributed by atoms with van der Waals surface area (Å²) < 4.78 is 5.48. The molecule has 0 aliphatic carbocycles. The Morgan fingerprint density at radius 2 is 2.06 bits per heavy atom. The van der Waals surface area contributed by atoms with Crippen molar-refractivity contribution in [1.82, 2.24) is 10.2 Å². The first-order valence-electron chi connectivity index (χ1n) is 5.85. The molecule has 0 atom stereocenters. The number of hydrogen-bond acceptors (Lipinski definition) is 4. The number of hydrogen-bond donors (Lipinski definition) is 1. The molecule has 0 radical (unpaired) electrons. The zero-order chi connectivity index (χ0) is 12.3. The summed E-state index contributed by atoms with van der Waals surface area (Å²) in [7, 11) is 0. The van der Waals surface area contributed by atoms with Gasteiger partial charge < -0.3 is 9.73 Å². The molecule has 90 valence electrons. The minimum absolute atomic E-state index is 0.813. The first-order valence-corrected chi connectivity index (χ1v) is 5.85. The molecule has 2 rings (SSSR count). The second-order valence-corrected chi connectivity index (χ2v) is 4.06. The molecule has 2 heterocycles. The summed E-state index contributed by atoms with van der Waals surface area (Å²) in [5.74, 6) is 2.59. The van der Waals surface area contributed by atoms with Crippen molar-refractivity contribution in [3.63, 3.8) is 0 Å². The topological polar surface area (TPSA) is 51.0 Å². The summed E-state index contributed by atoms with van der Waals surface area (Å²) in [6.45, 7) is 6.90. The zero-order valence-corrected chi connectivity index (χ0v) is 10.4. The van der Waals surface area contributed by atoms with Crippen LogP contribution in [0.4, 0.5) is 5.82 Å². The number of anilines is 1. The lowest BCUT2D eigenvalue weighted by Crippen LogP contribution is -2.02. The molecule has 0 spiro atoms. The Balaban J connectivity index is 2.20. The third kappa shape index (κ3) is 2.64. The lowest BCUT2D eigenvalue weighted by Gasteiger charge is -2.03. The number of aromatic nitrogens is 2. The fourth-order valence-corrected chi connectivity index (χ4v) is 1.71. The van der Waals surface area contributed by atoms with Crippen molar-refractivity contribution < 1.29 is 4.42 Å². The molecule has 0 unspecified atom stereocenters. The number of furan rings is 1. The maximum absolute atomic E-state index is 5.48. The normalized spacial score (nSPS) is 10.5. The van der Waals surface area contributed by atoms with Crippen LogP contribution in [0.1, 0.15) is 24.9 Å². The highest BCUT2D eigenvalue weighted by Gasteiger charge is 2.08. The standard InChI is InChI=1S/C13H17N3O/c1-4-7-14-13-6-5-12(15-16-13)11-8-9(2)17-10(11)3/h5-6,8H,4,7H2,1-3H3,(H,14,16). The van der Waals surface area contributed by atoms with E-state index in [2.05, 4.69) is 22.4 Å². The molecule has 0 amide bonds. The maximum Gasteiger partial charge on any atom is 0.148 e. The molecule has 0 aliphatic rings. The minimum atomic E-state index is 0.813. The van der Waals surface area contributed by atoms with Gasteiger partial charge in [-0.3, -0.25) is 0 Å². The lowest BCUT2D eigenvalue weighted by atomic mass is 10.2. The third-order valence-corrected chi connectivity index (χ3v) is 2.54. The van der Waals surface area contributed by atoms with Crippen molar-refractivity contribution in [2.24, 2.45) is 0 Å². The van der Waals surface area contributed by atoms with Gasteiger partial charge in [0.25, 0.3) is 0 Å². The second-order valence-electron chi connectivity index (χ2n) is 4.06. The zero-order valence-electron chi connectivity index (χ0n) is 10.4. The van der Waals surface area contributed by atoms with Gasteiger partial charge in [-0.25, -0.2) is 0 Å². The Kier molecular flexibility index (Phi) is 3.42. The molecule has 0 saturated heterocycles. The van der Waals surface area contributed by atoms with Gasteiger partial charge in [-0.15, -0.1) is 10.2 Å². The van der Waals surface area contributed by atoms with Gasteiger partial charge in [0.2, 0.25) is 0 Å². The van der Waals surface area contributed by atoms with Crippen LogP contribution in [0.15, 0.2) is 22.6 Å². The van der Waals surface area contributed by atoms with Gasteiger partial charge in [0.05, 0.1) is 5.69 Å². The van der Waals surface area contributed by atoms with Crippen molar-refractivity contribution >= 4 is 5.82 Å². The van der Waals surface area contributed by atoms with Crippen LogP contribution in [0.2, 0.25) is 0 Å². The van der Waals surface area contributed by atoms with E-state index < -0.39 is 0 Å². The van der Waals surface area contributed by atoms with E-state index in [4.69, 9.17) is 4.42 Å².